The number of amides is 3. The van der Waals surface area contributed by atoms with Crippen LogP contribution >= 0.6 is 0 Å². The Balaban J connectivity index is 1.84. The molecule has 2 heterocycles. The maximum atomic E-state index is 13.8. The molecule has 0 bridgehead atoms. The van der Waals surface area contributed by atoms with E-state index in [-0.39, 0.29) is 18.9 Å². The summed E-state index contributed by atoms with van der Waals surface area (Å²) in [7, 11) is 0. The summed E-state index contributed by atoms with van der Waals surface area (Å²) >= 11 is 0. The van der Waals surface area contributed by atoms with Crippen LogP contribution in [0.5, 0.6) is 0 Å². The molecule has 2 aliphatic rings. The van der Waals surface area contributed by atoms with Crippen LogP contribution in [-0.4, -0.2) is 67.1 Å². The third kappa shape index (κ3) is 6.93. The van der Waals surface area contributed by atoms with E-state index in [4.69, 9.17) is 10.5 Å². The predicted octanol–water partition coefficient (Wildman–Crippen LogP) is 2.00. The van der Waals surface area contributed by atoms with Gasteiger partial charge in [-0.05, 0) is 47.0 Å². The summed E-state index contributed by atoms with van der Waals surface area (Å²) in [5.74, 6) is -0.688. The van der Waals surface area contributed by atoms with Crippen LogP contribution < -0.4 is 11.1 Å². The monoisotopic (exact) mass is 492 g/mol. The molecule has 3 atom stereocenters. The van der Waals surface area contributed by atoms with Crippen molar-refractivity contribution in [2.75, 3.05) is 6.54 Å². The molecule has 0 spiro atoms. The average molecular weight is 493 g/mol. The highest BCUT2D eigenvalue weighted by molar-refractivity contribution is 5.91. The first-order valence-electron chi connectivity index (χ1n) is 12.5. The number of alkyl carbamates (subject to hydrolysis) is 1. The Morgan fingerprint density at radius 1 is 1.20 bits per heavy atom. The molecule has 1 saturated heterocycles. The summed E-state index contributed by atoms with van der Waals surface area (Å²) in [6.45, 7) is 8.69. The molecule has 3 amide bonds. The molecule has 3 rings (SSSR count). The Hall–Kier alpha value is -2.69. The largest absolute Gasteiger partial charge is 0.444 e. The van der Waals surface area contributed by atoms with Gasteiger partial charge in [0.25, 0.3) is 0 Å². The van der Waals surface area contributed by atoms with E-state index in [0.29, 0.717) is 18.0 Å². The normalized spacial score (nSPS) is 22.6. The Morgan fingerprint density at radius 2 is 1.86 bits per heavy atom. The number of carbonyl (C=O) groups excluding carboxylic acids is 3. The molecule has 0 aromatic carbocycles. The average Bonchev–Trinajstić information content (AvgIpc) is 3.39. The minimum Gasteiger partial charge on any atom is -0.444 e. The van der Waals surface area contributed by atoms with E-state index in [1.165, 1.54) is 17.5 Å². The molecule has 11 nitrogen and oxygen atoms in total. The minimum absolute atomic E-state index is 0.163. The molecule has 0 radical (unpaired) electrons. The number of aliphatic hydroxyl groups is 1. The lowest BCUT2D eigenvalue weighted by molar-refractivity contribution is -0.139. The molecule has 1 aromatic rings. The third-order valence-electron chi connectivity index (χ3n) is 6.72. The van der Waals surface area contributed by atoms with Gasteiger partial charge >= 0.3 is 6.09 Å². The van der Waals surface area contributed by atoms with Crippen molar-refractivity contribution in [1.82, 2.24) is 25.2 Å². The van der Waals surface area contributed by atoms with Gasteiger partial charge in [0, 0.05) is 13.0 Å². The van der Waals surface area contributed by atoms with Gasteiger partial charge in [0.1, 0.15) is 23.3 Å². The first kappa shape index (κ1) is 26.9. The summed E-state index contributed by atoms with van der Waals surface area (Å²) < 4.78 is 6.97. The molecule has 1 aliphatic heterocycles. The molecule has 1 saturated carbocycles. The number of rotatable bonds is 7. The third-order valence-corrected chi connectivity index (χ3v) is 6.72. The lowest BCUT2D eigenvalue weighted by atomic mass is 9.84. The fraction of sp³-hybridized carbons (Fsp3) is 0.792. The van der Waals surface area contributed by atoms with Gasteiger partial charge in [-0.25, -0.2) is 9.48 Å². The molecular formula is C24H40N6O5. The van der Waals surface area contributed by atoms with Crippen molar-refractivity contribution < 1.29 is 24.2 Å². The number of hydrogen-bond acceptors (Lipinski definition) is 7. The van der Waals surface area contributed by atoms with Gasteiger partial charge in [0.2, 0.25) is 11.8 Å². The van der Waals surface area contributed by atoms with Crippen molar-refractivity contribution in [2.24, 2.45) is 11.7 Å². The second-order valence-corrected chi connectivity index (χ2v) is 11.4. The second kappa shape index (κ2) is 10.5. The van der Waals surface area contributed by atoms with Crippen LogP contribution in [0.1, 0.15) is 91.3 Å². The number of nitrogens with two attached hydrogens (primary N) is 1. The van der Waals surface area contributed by atoms with Crippen molar-refractivity contribution in [2.45, 2.75) is 109 Å². The molecule has 2 fully saturated rings. The van der Waals surface area contributed by atoms with Crippen LogP contribution in [0.2, 0.25) is 0 Å². The number of nitrogens with zero attached hydrogens (tertiary/aromatic N) is 4. The zero-order valence-corrected chi connectivity index (χ0v) is 21.5. The van der Waals surface area contributed by atoms with Crippen molar-refractivity contribution in [3.63, 3.8) is 0 Å². The zero-order chi connectivity index (χ0) is 26.0. The summed E-state index contributed by atoms with van der Waals surface area (Å²) in [5.41, 5.74) is 4.26. The first-order chi connectivity index (χ1) is 16.3. The van der Waals surface area contributed by atoms with Gasteiger partial charge in [-0.3, -0.25) is 9.59 Å². The molecule has 196 valence electrons. The van der Waals surface area contributed by atoms with Gasteiger partial charge in [0.05, 0.1) is 17.9 Å². The van der Waals surface area contributed by atoms with E-state index < -0.39 is 41.3 Å². The van der Waals surface area contributed by atoms with E-state index in [9.17, 15) is 19.5 Å². The first-order valence-corrected chi connectivity index (χ1v) is 12.5. The summed E-state index contributed by atoms with van der Waals surface area (Å²) in [4.78, 5) is 40.2. The highest BCUT2D eigenvalue weighted by Crippen LogP contribution is 2.33. The SMILES string of the molecule is CC(C)(C)OC(=O)N[C@H](CC1CCCCC1)C(=O)N1C[C@@H](n2nncc2C(C)(C)O)C[C@H]1C(N)=O. The van der Waals surface area contributed by atoms with Crippen molar-refractivity contribution >= 4 is 17.9 Å². The van der Waals surface area contributed by atoms with E-state index in [1.807, 2.05) is 0 Å². The number of aromatic nitrogens is 3. The standard InChI is InChI=1S/C24H40N6O5/c1-23(2,3)35-22(33)27-17(11-15-9-7-6-8-10-15)21(32)29-14-16(12-18(29)20(25)31)30-19(13-26-28-30)24(4,5)34/h13,15-18,34H,6-12,14H2,1-5H3,(H2,25,31)(H,27,33)/t16-,17+,18-/m0/s1. The molecule has 4 N–H and O–H groups in total. The summed E-state index contributed by atoms with van der Waals surface area (Å²) in [5, 5.41) is 21.3. The van der Waals surface area contributed by atoms with Gasteiger partial charge < -0.3 is 25.8 Å². The Bertz CT molecular complexity index is 912. The van der Waals surface area contributed by atoms with Gasteiger partial charge in [0.15, 0.2) is 0 Å². The van der Waals surface area contributed by atoms with Crippen LogP contribution in [0.25, 0.3) is 0 Å². The maximum absolute atomic E-state index is 13.8. The van der Waals surface area contributed by atoms with Crippen molar-refractivity contribution in [1.29, 1.82) is 0 Å². The molecule has 1 aromatic heterocycles. The van der Waals surface area contributed by atoms with Crippen molar-refractivity contribution in [3.8, 4) is 0 Å². The summed E-state index contributed by atoms with van der Waals surface area (Å²) in [6.07, 6.45) is 6.88. The fourth-order valence-electron chi connectivity index (χ4n) is 5.08. The van der Waals surface area contributed by atoms with Gasteiger partial charge in [-0.15, -0.1) is 5.10 Å². The van der Waals surface area contributed by atoms with Gasteiger partial charge in [-0.2, -0.15) is 0 Å². The van der Waals surface area contributed by atoms with Crippen LogP contribution in [-0.2, 0) is 19.9 Å². The molecule has 0 unspecified atom stereocenters. The zero-order valence-electron chi connectivity index (χ0n) is 21.5. The van der Waals surface area contributed by atoms with E-state index in [0.717, 1.165) is 25.7 Å². The minimum atomic E-state index is -1.20. The van der Waals surface area contributed by atoms with Crippen molar-refractivity contribution in [3.05, 3.63) is 11.9 Å². The predicted molar refractivity (Wildman–Crippen MR) is 128 cm³/mol. The Kier molecular flexibility index (Phi) is 8.08. The quantitative estimate of drug-likeness (QED) is 0.526. The number of carbonyl (C=O) groups is 3. The second-order valence-electron chi connectivity index (χ2n) is 11.4. The lowest BCUT2D eigenvalue weighted by Gasteiger charge is -2.31. The number of hydrogen-bond donors (Lipinski definition) is 3. The number of ether oxygens (including phenoxy) is 1. The molecule has 35 heavy (non-hydrogen) atoms. The molecule has 1 aliphatic carbocycles. The molecular weight excluding hydrogens is 452 g/mol. The van der Waals surface area contributed by atoms with Crippen LogP contribution in [0.4, 0.5) is 4.79 Å². The summed E-state index contributed by atoms with van der Waals surface area (Å²) in [6, 6.07) is -2.09. The van der Waals surface area contributed by atoms with Crippen LogP contribution in [0, 0.1) is 5.92 Å². The highest BCUT2D eigenvalue weighted by Gasteiger charge is 2.44. The lowest BCUT2D eigenvalue weighted by Crippen LogP contribution is -2.54. The van der Waals surface area contributed by atoms with E-state index in [1.54, 1.807) is 39.3 Å². The van der Waals surface area contributed by atoms with Crippen LogP contribution in [0.3, 0.4) is 0 Å². The molecule has 11 heteroatoms. The smallest absolute Gasteiger partial charge is 0.408 e. The fourth-order valence-corrected chi connectivity index (χ4v) is 5.08. The van der Waals surface area contributed by atoms with E-state index >= 15 is 0 Å². The Labute approximate surface area is 206 Å². The van der Waals surface area contributed by atoms with Gasteiger partial charge in [-0.1, -0.05) is 37.3 Å². The topological polar surface area (TPSA) is 153 Å². The number of likely N-dealkylation sites (tertiary alicyclic amines) is 1. The van der Waals surface area contributed by atoms with Crippen LogP contribution in [0.15, 0.2) is 6.20 Å². The van der Waals surface area contributed by atoms with E-state index in [2.05, 4.69) is 15.6 Å². The maximum Gasteiger partial charge on any atom is 0.408 e. The highest BCUT2D eigenvalue weighted by atomic mass is 16.6. The Morgan fingerprint density at radius 3 is 2.43 bits per heavy atom. The number of nitrogens with one attached hydrogen (secondary N) is 1. The number of primary amides is 1.